The topological polar surface area (TPSA) is 67.8 Å². The fraction of sp³-hybridized carbons (Fsp3) is 0.700. The van der Waals surface area contributed by atoms with Crippen LogP contribution in [0.25, 0.3) is 0 Å². The first-order valence-corrected chi connectivity index (χ1v) is 9.87. The number of ether oxygens (including phenoxy) is 2. The molecule has 26 heavy (non-hydrogen) atoms. The molecule has 6 nitrogen and oxygen atoms in total. The van der Waals surface area contributed by atoms with Gasteiger partial charge in [0.15, 0.2) is 5.96 Å². The molecule has 0 atom stereocenters. The summed E-state index contributed by atoms with van der Waals surface area (Å²) in [5.74, 6) is 1.54. The van der Waals surface area contributed by atoms with Gasteiger partial charge in [-0.1, -0.05) is 6.07 Å². The zero-order valence-corrected chi connectivity index (χ0v) is 16.3. The van der Waals surface area contributed by atoms with Crippen LogP contribution in [0, 0.1) is 12.8 Å². The highest BCUT2D eigenvalue weighted by atomic mass is 16.5. The van der Waals surface area contributed by atoms with Crippen molar-refractivity contribution in [2.75, 3.05) is 46.1 Å². The summed E-state index contributed by atoms with van der Waals surface area (Å²) < 4.78 is 11.2. The Hall–Kier alpha value is -1.66. The van der Waals surface area contributed by atoms with Crippen LogP contribution in [-0.2, 0) is 15.9 Å². The number of pyridine rings is 1. The van der Waals surface area contributed by atoms with Gasteiger partial charge < -0.3 is 20.1 Å². The van der Waals surface area contributed by atoms with E-state index in [-0.39, 0.29) is 0 Å². The minimum atomic E-state index is 0.669. The lowest BCUT2D eigenvalue weighted by Gasteiger charge is -2.21. The highest BCUT2D eigenvalue weighted by Crippen LogP contribution is 2.14. The third kappa shape index (κ3) is 8.63. The van der Waals surface area contributed by atoms with Gasteiger partial charge in [-0.15, -0.1) is 0 Å². The maximum atomic E-state index is 5.79. The van der Waals surface area contributed by atoms with E-state index in [2.05, 4.69) is 39.7 Å². The number of aliphatic imine (C=N–C) groups is 1. The number of nitrogens with one attached hydrogen (secondary N) is 2. The van der Waals surface area contributed by atoms with Gasteiger partial charge in [0.1, 0.15) is 0 Å². The summed E-state index contributed by atoms with van der Waals surface area (Å²) in [5, 5.41) is 6.67. The molecule has 0 radical (unpaired) electrons. The molecule has 1 aromatic rings. The highest BCUT2D eigenvalue weighted by molar-refractivity contribution is 5.79. The molecular weight excluding hydrogens is 328 g/mol. The largest absolute Gasteiger partial charge is 0.381 e. The molecule has 0 aromatic carbocycles. The fourth-order valence-corrected chi connectivity index (χ4v) is 2.83. The summed E-state index contributed by atoms with van der Waals surface area (Å²) >= 11 is 0. The van der Waals surface area contributed by atoms with E-state index in [1.807, 2.05) is 13.1 Å². The van der Waals surface area contributed by atoms with Gasteiger partial charge in [-0.3, -0.25) is 9.98 Å². The third-order valence-corrected chi connectivity index (χ3v) is 4.43. The average Bonchev–Trinajstić information content (AvgIpc) is 2.67. The van der Waals surface area contributed by atoms with Crippen molar-refractivity contribution in [2.24, 2.45) is 10.9 Å². The van der Waals surface area contributed by atoms with Crippen molar-refractivity contribution in [1.29, 1.82) is 0 Å². The smallest absolute Gasteiger partial charge is 0.191 e. The quantitative estimate of drug-likeness (QED) is 0.380. The molecule has 0 saturated carbocycles. The van der Waals surface area contributed by atoms with Crippen LogP contribution in [0.4, 0.5) is 0 Å². The number of nitrogens with zero attached hydrogens (tertiary/aromatic N) is 2. The normalized spacial score (nSPS) is 15.8. The third-order valence-electron chi connectivity index (χ3n) is 4.43. The molecule has 0 bridgehead atoms. The van der Waals surface area contributed by atoms with Crippen molar-refractivity contribution < 1.29 is 9.47 Å². The van der Waals surface area contributed by atoms with Crippen molar-refractivity contribution in [2.45, 2.75) is 39.5 Å². The maximum absolute atomic E-state index is 5.79. The molecule has 2 rings (SSSR count). The standard InChI is InChI=1S/C20H34N4O2/c1-3-21-20(23-11-7-18-6-5-17(2)24-15-18)22-10-4-12-26-16-19-8-13-25-14-9-19/h5-6,15,19H,3-4,7-14,16H2,1-2H3,(H2,21,22,23). The van der Waals surface area contributed by atoms with Crippen molar-refractivity contribution in [1.82, 2.24) is 15.6 Å². The lowest BCUT2D eigenvalue weighted by Crippen LogP contribution is -2.38. The molecule has 1 saturated heterocycles. The van der Waals surface area contributed by atoms with E-state index in [1.54, 1.807) is 0 Å². The maximum Gasteiger partial charge on any atom is 0.191 e. The molecule has 1 fully saturated rings. The van der Waals surface area contributed by atoms with E-state index in [4.69, 9.17) is 9.47 Å². The van der Waals surface area contributed by atoms with Crippen LogP contribution < -0.4 is 10.6 Å². The second-order valence-corrected chi connectivity index (χ2v) is 6.73. The monoisotopic (exact) mass is 362 g/mol. The molecule has 146 valence electrons. The van der Waals surface area contributed by atoms with Crippen molar-refractivity contribution in [3.63, 3.8) is 0 Å². The van der Waals surface area contributed by atoms with Gasteiger partial charge in [0.25, 0.3) is 0 Å². The Bertz CT molecular complexity index is 513. The van der Waals surface area contributed by atoms with Crippen LogP contribution in [0.1, 0.15) is 37.4 Å². The minimum absolute atomic E-state index is 0.669. The number of guanidine groups is 1. The number of aryl methyl sites for hydroxylation is 1. The molecule has 6 heteroatoms. The molecule has 2 N–H and O–H groups in total. The van der Waals surface area contributed by atoms with Gasteiger partial charge in [-0.05, 0) is 57.1 Å². The lowest BCUT2D eigenvalue weighted by molar-refractivity contribution is 0.0205. The second-order valence-electron chi connectivity index (χ2n) is 6.73. The molecule has 2 heterocycles. The zero-order valence-electron chi connectivity index (χ0n) is 16.3. The summed E-state index contributed by atoms with van der Waals surface area (Å²) in [6.07, 6.45) is 6.08. The van der Waals surface area contributed by atoms with Gasteiger partial charge in [-0.25, -0.2) is 0 Å². The van der Waals surface area contributed by atoms with E-state index in [9.17, 15) is 0 Å². The van der Waals surface area contributed by atoms with E-state index < -0.39 is 0 Å². The Balaban J connectivity index is 1.58. The summed E-state index contributed by atoms with van der Waals surface area (Å²) in [7, 11) is 0. The van der Waals surface area contributed by atoms with Crippen molar-refractivity contribution in [3.05, 3.63) is 29.6 Å². The summed E-state index contributed by atoms with van der Waals surface area (Å²) in [6, 6.07) is 4.18. The molecule has 1 aliphatic rings. The van der Waals surface area contributed by atoms with Gasteiger partial charge in [0, 0.05) is 58.0 Å². The van der Waals surface area contributed by atoms with Crippen LogP contribution in [0.5, 0.6) is 0 Å². The van der Waals surface area contributed by atoms with E-state index in [0.717, 1.165) is 83.4 Å². The first-order valence-electron chi connectivity index (χ1n) is 9.87. The van der Waals surface area contributed by atoms with Crippen LogP contribution >= 0.6 is 0 Å². The molecule has 0 aliphatic carbocycles. The molecule has 1 aliphatic heterocycles. The number of hydrogen-bond acceptors (Lipinski definition) is 4. The van der Waals surface area contributed by atoms with Crippen LogP contribution in [0.2, 0.25) is 0 Å². The Morgan fingerprint density at radius 3 is 2.88 bits per heavy atom. The Labute approximate surface area is 157 Å². The molecule has 0 amide bonds. The van der Waals surface area contributed by atoms with E-state index >= 15 is 0 Å². The number of aromatic nitrogens is 1. The van der Waals surface area contributed by atoms with Crippen LogP contribution in [-0.4, -0.2) is 57.0 Å². The summed E-state index contributed by atoms with van der Waals surface area (Å²) in [4.78, 5) is 8.95. The predicted octanol–water partition coefficient (Wildman–Crippen LogP) is 2.32. The minimum Gasteiger partial charge on any atom is -0.381 e. The lowest BCUT2D eigenvalue weighted by atomic mass is 10.0. The number of rotatable bonds is 10. The first-order chi connectivity index (χ1) is 12.8. The van der Waals surface area contributed by atoms with E-state index in [1.165, 1.54) is 5.56 Å². The first kappa shape index (κ1) is 20.6. The fourth-order valence-electron chi connectivity index (χ4n) is 2.83. The Morgan fingerprint density at radius 2 is 2.15 bits per heavy atom. The Morgan fingerprint density at radius 1 is 1.31 bits per heavy atom. The van der Waals surface area contributed by atoms with Gasteiger partial charge in [0.05, 0.1) is 0 Å². The molecule has 1 aromatic heterocycles. The average molecular weight is 363 g/mol. The second kappa shape index (κ2) is 12.7. The summed E-state index contributed by atoms with van der Waals surface area (Å²) in [6.45, 7) is 9.96. The van der Waals surface area contributed by atoms with Crippen molar-refractivity contribution in [3.8, 4) is 0 Å². The zero-order chi connectivity index (χ0) is 18.5. The summed E-state index contributed by atoms with van der Waals surface area (Å²) in [5.41, 5.74) is 2.29. The predicted molar refractivity (Wildman–Crippen MR) is 106 cm³/mol. The highest BCUT2D eigenvalue weighted by Gasteiger charge is 2.13. The SMILES string of the molecule is CCNC(=NCCCOCC1CCOCC1)NCCc1ccc(C)nc1. The molecular formula is C20H34N4O2. The number of hydrogen-bond donors (Lipinski definition) is 2. The molecule has 0 spiro atoms. The van der Waals surface area contributed by atoms with Crippen LogP contribution in [0.15, 0.2) is 23.3 Å². The van der Waals surface area contributed by atoms with Crippen LogP contribution in [0.3, 0.4) is 0 Å². The van der Waals surface area contributed by atoms with Gasteiger partial charge in [0.2, 0.25) is 0 Å². The Kier molecular flexibility index (Phi) is 10.1. The van der Waals surface area contributed by atoms with Gasteiger partial charge in [-0.2, -0.15) is 0 Å². The van der Waals surface area contributed by atoms with Crippen molar-refractivity contribution >= 4 is 5.96 Å². The van der Waals surface area contributed by atoms with Gasteiger partial charge >= 0.3 is 0 Å². The van der Waals surface area contributed by atoms with E-state index in [0.29, 0.717) is 5.92 Å². The molecule has 0 unspecified atom stereocenters.